The molecular formula is C24H29N3O4. The number of esters is 1. The molecule has 1 N–H and O–H groups in total. The molecule has 0 aliphatic rings. The van der Waals surface area contributed by atoms with E-state index in [2.05, 4.69) is 5.32 Å². The second kappa shape index (κ2) is 10.1. The van der Waals surface area contributed by atoms with Gasteiger partial charge < -0.3 is 10.1 Å². The number of aryl methyl sites for hydroxylation is 4. The number of nitrogens with one attached hydrogen (secondary N) is 1. The summed E-state index contributed by atoms with van der Waals surface area (Å²) in [5, 5.41) is 2.88. The highest BCUT2D eigenvalue weighted by atomic mass is 16.5. The fourth-order valence-corrected chi connectivity index (χ4v) is 3.79. The molecule has 0 unspecified atom stereocenters. The van der Waals surface area contributed by atoms with E-state index in [-0.39, 0.29) is 31.2 Å². The van der Waals surface area contributed by atoms with Crippen LogP contribution in [-0.4, -0.2) is 27.6 Å². The molecule has 31 heavy (non-hydrogen) atoms. The lowest BCUT2D eigenvalue weighted by molar-refractivity contribution is -0.147. The van der Waals surface area contributed by atoms with E-state index < -0.39 is 5.97 Å². The average molecular weight is 424 g/mol. The Labute approximate surface area is 181 Å². The van der Waals surface area contributed by atoms with Gasteiger partial charge in [-0.2, -0.15) is 0 Å². The van der Waals surface area contributed by atoms with Crippen LogP contribution in [-0.2, 0) is 40.3 Å². The summed E-state index contributed by atoms with van der Waals surface area (Å²) in [5.41, 5.74) is 4.36. The number of amides is 1. The Bertz CT molecular complexity index is 1120. The van der Waals surface area contributed by atoms with Crippen LogP contribution < -0.4 is 11.0 Å². The van der Waals surface area contributed by atoms with Crippen molar-refractivity contribution in [2.24, 2.45) is 0 Å². The summed E-state index contributed by atoms with van der Waals surface area (Å²) in [7, 11) is 0. The van der Waals surface area contributed by atoms with Crippen LogP contribution in [0.5, 0.6) is 0 Å². The number of anilines is 1. The van der Waals surface area contributed by atoms with Gasteiger partial charge >= 0.3 is 11.7 Å². The van der Waals surface area contributed by atoms with E-state index in [9.17, 15) is 14.4 Å². The molecule has 7 nitrogen and oxygen atoms in total. The largest absolute Gasteiger partial charge is 0.456 e. The number of fused-ring (bicyclic) bond motifs is 1. The maximum atomic E-state index is 12.6. The van der Waals surface area contributed by atoms with E-state index >= 15 is 0 Å². The lowest BCUT2D eigenvalue weighted by Crippen LogP contribution is -2.26. The molecule has 2 aromatic carbocycles. The first-order valence-electron chi connectivity index (χ1n) is 10.7. The van der Waals surface area contributed by atoms with Crippen molar-refractivity contribution >= 4 is 28.6 Å². The molecule has 0 aliphatic carbocycles. The number of imidazole rings is 1. The lowest BCUT2D eigenvalue weighted by atomic mass is 10.0. The standard InChI is InChI=1S/C24H29N3O4/c1-4-17-10-9-11-18(5-2)23(17)25-21(28)16-31-22(29)14-15-27-20-13-8-7-12-19(20)26(6-3)24(27)30/h7-13H,4-6,14-16H2,1-3H3,(H,25,28). The van der Waals surface area contributed by atoms with Crippen LogP contribution in [0.4, 0.5) is 5.69 Å². The van der Waals surface area contributed by atoms with E-state index in [1.165, 1.54) is 0 Å². The number of benzene rings is 2. The first-order chi connectivity index (χ1) is 15.0. The summed E-state index contributed by atoms with van der Waals surface area (Å²) in [6.07, 6.45) is 1.60. The third-order valence-corrected chi connectivity index (χ3v) is 5.41. The molecule has 3 rings (SSSR count). The molecule has 7 heteroatoms. The minimum absolute atomic E-state index is 0.0106. The Kier molecular flexibility index (Phi) is 7.28. The average Bonchev–Trinajstić information content (AvgIpc) is 3.06. The number of hydrogen-bond donors (Lipinski definition) is 1. The van der Waals surface area contributed by atoms with Gasteiger partial charge in [0.2, 0.25) is 0 Å². The number of ether oxygens (including phenoxy) is 1. The van der Waals surface area contributed by atoms with Gasteiger partial charge in [0.05, 0.1) is 17.5 Å². The van der Waals surface area contributed by atoms with Crippen LogP contribution in [0.25, 0.3) is 11.0 Å². The number of carbonyl (C=O) groups excluding carboxylic acids is 2. The molecule has 0 saturated heterocycles. The van der Waals surface area contributed by atoms with Gasteiger partial charge in [-0.15, -0.1) is 0 Å². The van der Waals surface area contributed by atoms with Crippen LogP contribution >= 0.6 is 0 Å². The highest BCUT2D eigenvalue weighted by Crippen LogP contribution is 2.22. The third-order valence-electron chi connectivity index (χ3n) is 5.41. The molecule has 0 atom stereocenters. The van der Waals surface area contributed by atoms with Crippen LogP contribution in [0, 0.1) is 0 Å². The fraction of sp³-hybridized carbons (Fsp3) is 0.375. The maximum absolute atomic E-state index is 12.6. The molecule has 0 fully saturated rings. The van der Waals surface area contributed by atoms with Gasteiger partial charge in [-0.1, -0.05) is 44.2 Å². The summed E-state index contributed by atoms with van der Waals surface area (Å²) in [6.45, 7) is 6.36. The Morgan fingerprint density at radius 2 is 1.52 bits per heavy atom. The predicted molar refractivity (Wildman–Crippen MR) is 121 cm³/mol. The van der Waals surface area contributed by atoms with Crippen LogP contribution in [0.1, 0.15) is 38.3 Å². The summed E-state index contributed by atoms with van der Waals surface area (Å²) in [4.78, 5) is 37.2. The Morgan fingerprint density at radius 1 is 0.903 bits per heavy atom. The number of aromatic nitrogens is 2. The van der Waals surface area contributed by atoms with Crippen molar-refractivity contribution in [3.8, 4) is 0 Å². The summed E-state index contributed by atoms with van der Waals surface area (Å²) < 4.78 is 8.40. The molecule has 0 bridgehead atoms. The van der Waals surface area contributed by atoms with Gasteiger partial charge in [0.15, 0.2) is 6.61 Å². The number of rotatable bonds is 9. The van der Waals surface area contributed by atoms with Crippen molar-refractivity contribution in [1.29, 1.82) is 0 Å². The van der Waals surface area contributed by atoms with Crippen molar-refractivity contribution < 1.29 is 14.3 Å². The normalized spacial score (nSPS) is 10.9. The summed E-state index contributed by atoms with van der Waals surface area (Å²) in [5.74, 6) is -0.890. The topological polar surface area (TPSA) is 82.3 Å². The summed E-state index contributed by atoms with van der Waals surface area (Å²) in [6, 6.07) is 13.4. The highest BCUT2D eigenvalue weighted by molar-refractivity contribution is 5.94. The van der Waals surface area contributed by atoms with E-state index in [0.717, 1.165) is 40.7 Å². The molecule has 0 spiro atoms. The highest BCUT2D eigenvalue weighted by Gasteiger charge is 2.15. The molecule has 1 heterocycles. The van der Waals surface area contributed by atoms with Gasteiger partial charge in [-0.3, -0.25) is 18.7 Å². The Balaban J connectivity index is 1.60. The molecule has 1 amide bonds. The molecule has 0 aliphatic heterocycles. The number of para-hydroxylation sites is 3. The van der Waals surface area contributed by atoms with Crippen molar-refractivity contribution in [1.82, 2.24) is 9.13 Å². The number of carbonyl (C=O) groups is 2. The predicted octanol–water partition coefficient (Wildman–Crippen LogP) is 3.52. The first-order valence-corrected chi connectivity index (χ1v) is 10.7. The fourth-order valence-electron chi connectivity index (χ4n) is 3.79. The smallest absolute Gasteiger partial charge is 0.329 e. The summed E-state index contributed by atoms with van der Waals surface area (Å²) >= 11 is 0. The second-order valence-electron chi connectivity index (χ2n) is 7.28. The van der Waals surface area contributed by atoms with Gasteiger partial charge in [-0.05, 0) is 43.0 Å². The zero-order valence-corrected chi connectivity index (χ0v) is 18.3. The van der Waals surface area contributed by atoms with Crippen molar-refractivity contribution in [3.63, 3.8) is 0 Å². The van der Waals surface area contributed by atoms with Crippen molar-refractivity contribution in [3.05, 3.63) is 64.1 Å². The monoisotopic (exact) mass is 423 g/mol. The third kappa shape index (κ3) is 4.87. The minimum atomic E-state index is -0.519. The van der Waals surface area contributed by atoms with Crippen LogP contribution in [0.3, 0.4) is 0 Å². The molecule has 0 radical (unpaired) electrons. The first kappa shape index (κ1) is 22.3. The Hall–Kier alpha value is -3.35. The SMILES string of the molecule is CCc1cccc(CC)c1NC(=O)COC(=O)CCn1c(=O)n(CC)c2ccccc21. The van der Waals surface area contributed by atoms with Crippen molar-refractivity contribution in [2.75, 3.05) is 11.9 Å². The molecule has 164 valence electrons. The van der Waals surface area contributed by atoms with E-state index in [0.29, 0.717) is 6.54 Å². The van der Waals surface area contributed by atoms with Crippen LogP contribution in [0.15, 0.2) is 47.3 Å². The lowest BCUT2D eigenvalue weighted by Gasteiger charge is -2.14. The van der Waals surface area contributed by atoms with Gasteiger partial charge in [0.1, 0.15) is 0 Å². The zero-order valence-electron chi connectivity index (χ0n) is 18.3. The molecular weight excluding hydrogens is 394 g/mol. The second-order valence-corrected chi connectivity index (χ2v) is 7.28. The Morgan fingerprint density at radius 3 is 2.10 bits per heavy atom. The minimum Gasteiger partial charge on any atom is -0.456 e. The number of hydrogen-bond acceptors (Lipinski definition) is 4. The number of nitrogens with zero attached hydrogens (tertiary/aromatic N) is 2. The van der Waals surface area contributed by atoms with Gasteiger partial charge in [0.25, 0.3) is 5.91 Å². The maximum Gasteiger partial charge on any atom is 0.329 e. The molecule has 3 aromatic rings. The zero-order chi connectivity index (χ0) is 22.4. The van der Waals surface area contributed by atoms with Crippen LogP contribution in [0.2, 0.25) is 0 Å². The molecule has 0 saturated carbocycles. The van der Waals surface area contributed by atoms with E-state index in [1.54, 1.807) is 9.13 Å². The van der Waals surface area contributed by atoms with E-state index in [1.807, 2.05) is 63.2 Å². The molecule has 1 aromatic heterocycles. The van der Waals surface area contributed by atoms with Gasteiger partial charge in [-0.25, -0.2) is 4.79 Å². The van der Waals surface area contributed by atoms with Gasteiger partial charge in [0, 0.05) is 18.8 Å². The quantitative estimate of drug-likeness (QED) is 0.534. The van der Waals surface area contributed by atoms with E-state index in [4.69, 9.17) is 4.74 Å². The van der Waals surface area contributed by atoms with Crippen molar-refractivity contribution in [2.45, 2.75) is 53.1 Å².